The van der Waals surface area contributed by atoms with E-state index in [1.54, 1.807) is 12.1 Å². The lowest BCUT2D eigenvalue weighted by atomic mass is 9.84. The average molecular weight is 208 g/mol. The zero-order chi connectivity index (χ0) is 11.3. The maximum absolute atomic E-state index is 12.8. The summed E-state index contributed by atoms with van der Waals surface area (Å²) in [5, 5.41) is 0. The molecule has 0 aliphatic heterocycles. The fourth-order valence-corrected chi connectivity index (χ4v) is 2.02. The van der Waals surface area contributed by atoms with Crippen LogP contribution >= 0.6 is 0 Å². The van der Waals surface area contributed by atoms with Crippen LogP contribution in [0.3, 0.4) is 0 Å². The minimum absolute atomic E-state index is 0.142. The van der Waals surface area contributed by atoms with Gasteiger partial charge in [0, 0.05) is 0 Å². The first-order valence-corrected chi connectivity index (χ1v) is 5.90. The van der Waals surface area contributed by atoms with Crippen molar-refractivity contribution in [2.45, 2.75) is 46.0 Å². The molecule has 1 aromatic carbocycles. The van der Waals surface area contributed by atoms with Crippen LogP contribution in [0.25, 0.3) is 0 Å². The second-order valence-corrected chi connectivity index (χ2v) is 4.54. The molecule has 1 aromatic rings. The molecule has 0 saturated heterocycles. The van der Waals surface area contributed by atoms with E-state index in [-0.39, 0.29) is 5.82 Å². The fourth-order valence-electron chi connectivity index (χ4n) is 2.02. The zero-order valence-corrected chi connectivity index (χ0v) is 9.96. The summed E-state index contributed by atoms with van der Waals surface area (Å²) >= 11 is 0. The van der Waals surface area contributed by atoms with Crippen LogP contribution < -0.4 is 0 Å². The van der Waals surface area contributed by atoms with Crippen LogP contribution in [-0.2, 0) is 0 Å². The molecule has 1 atom stereocenters. The van der Waals surface area contributed by atoms with Crippen LogP contribution in [-0.4, -0.2) is 0 Å². The van der Waals surface area contributed by atoms with Crippen molar-refractivity contribution in [1.29, 1.82) is 0 Å². The molecular formula is C14H21F. The van der Waals surface area contributed by atoms with E-state index in [9.17, 15) is 4.39 Å². The molecule has 0 heterocycles. The molecule has 1 heteroatoms. The summed E-state index contributed by atoms with van der Waals surface area (Å²) in [5.74, 6) is 1.06. The van der Waals surface area contributed by atoms with Gasteiger partial charge in [-0.05, 0) is 36.0 Å². The van der Waals surface area contributed by atoms with Crippen molar-refractivity contribution in [2.24, 2.45) is 5.92 Å². The molecule has 0 bridgehead atoms. The highest BCUT2D eigenvalue weighted by Gasteiger charge is 2.14. The average Bonchev–Trinajstić information content (AvgIpc) is 2.21. The van der Waals surface area contributed by atoms with E-state index in [1.165, 1.54) is 24.8 Å². The van der Waals surface area contributed by atoms with Gasteiger partial charge in [0.25, 0.3) is 0 Å². The van der Waals surface area contributed by atoms with Gasteiger partial charge in [0.1, 0.15) is 5.82 Å². The topological polar surface area (TPSA) is 0 Å². The molecule has 1 rings (SSSR count). The third-order valence-electron chi connectivity index (χ3n) is 2.97. The number of unbranched alkanes of at least 4 members (excludes halogenated alkanes) is 1. The van der Waals surface area contributed by atoms with Crippen LogP contribution in [0.4, 0.5) is 4.39 Å². The maximum Gasteiger partial charge on any atom is 0.123 e. The predicted molar refractivity (Wildman–Crippen MR) is 63.5 cm³/mol. The summed E-state index contributed by atoms with van der Waals surface area (Å²) < 4.78 is 12.8. The Labute approximate surface area is 92.5 Å². The smallest absolute Gasteiger partial charge is 0.123 e. The van der Waals surface area contributed by atoms with E-state index in [1.807, 2.05) is 12.1 Å². The molecule has 0 radical (unpaired) electrons. The molecule has 0 aliphatic carbocycles. The van der Waals surface area contributed by atoms with E-state index >= 15 is 0 Å². The molecule has 0 fully saturated rings. The summed E-state index contributed by atoms with van der Waals surface area (Å²) in [6.45, 7) is 6.69. The predicted octanol–water partition coefficient (Wildman–Crippen LogP) is 4.76. The molecular weight excluding hydrogens is 187 g/mol. The Hall–Kier alpha value is -0.850. The standard InChI is InChI=1S/C14H21F/c1-4-5-6-14(11(2)3)12-7-9-13(15)10-8-12/h7-11,14H,4-6H2,1-3H3. The number of rotatable bonds is 5. The summed E-state index contributed by atoms with van der Waals surface area (Å²) in [6, 6.07) is 6.98. The van der Waals surface area contributed by atoms with Crippen molar-refractivity contribution in [3.63, 3.8) is 0 Å². The van der Waals surface area contributed by atoms with Crippen LogP contribution in [0.2, 0.25) is 0 Å². The minimum atomic E-state index is -0.142. The largest absolute Gasteiger partial charge is 0.207 e. The Bertz CT molecular complexity index is 274. The highest BCUT2D eigenvalue weighted by molar-refractivity contribution is 5.20. The molecule has 0 aromatic heterocycles. The Kier molecular flexibility index (Phi) is 4.80. The molecule has 0 amide bonds. The zero-order valence-electron chi connectivity index (χ0n) is 9.96. The molecule has 15 heavy (non-hydrogen) atoms. The molecule has 1 unspecified atom stereocenters. The van der Waals surface area contributed by atoms with Gasteiger partial charge in [0.2, 0.25) is 0 Å². The van der Waals surface area contributed by atoms with Gasteiger partial charge in [-0.3, -0.25) is 0 Å². The number of benzene rings is 1. The Morgan fingerprint density at radius 2 is 1.73 bits per heavy atom. The van der Waals surface area contributed by atoms with Gasteiger partial charge in [-0.2, -0.15) is 0 Å². The number of halogens is 1. The SMILES string of the molecule is CCCCC(c1ccc(F)cc1)C(C)C. The van der Waals surface area contributed by atoms with Crippen molar-refractivity contribution >= 4 is 0 Å². The van der Waals surface area contributed by atoms with Crippen LogP contribution in [0.1, 0.15) is 51.5 Å². The van der Waals surface area contributed by atoms with Crippen molar-refractivity contribution in [1.82, 2.24) is 0 Å². The van der Waals surface area contributed by atoms with Gasteiger partial charge in [0.15, 0.2) is 0 Å². The summed E-state index contributed by atoms with van der Waals surface area (Å²) in [7, 11) is 0. The second-order valence-electron chi connectivity index (χ2n) is 4.54. The first-order valence-electron chi connectivity index (χ1n) is 5.90. The van der Waals surface area contributed by atoms with Crippen molar-refractivity contribution in [3.05, 3.63) is 35.6 Å². The minimum Gasteiger partial charge on any atom is -0.207 e. The highest BCUT2D eigenvalue weighted by Crippen LogP contribution is 2.29. The van der Waals surface area contributed by atoms with Gasteiger partial charge >= 0.3 is 0 Å². The quantitative estimate of drug-likeness (QED) is 0.654. The van der Waals surface area contributed by atoms with Gasteiger partial charge in [-0.15, -0.1) is 0 Å². The summed E-state index contributed by atoms with van der Waals surface area (Å²) in [4.78, 5) is 0. The van der Waals surface area contributed by atoms with E-state index in [0.29, 0.717) is 11.8 Å². The molecule has 0 N–H and O–H groups in total. The van der Waals surface area contributed by atoms with Crippen LogP contribution in [0, 0.1) is 11.7 Å². The lowest BCUT2D eigenvalue weighted by molar-refractivity contribution is 0.452. The normalized spacial score (nSPS) is 13.1. The lowest BCUT2D eigenvalue weighted by Crippen LogP contribution is -2.06. The van der Waals surface area contributed by atoms with Gasteiger partial charge in [-0.1, -0.05) is 45.7 Å². The molecule has 0 spiro atoms. The third kappa shape index (κ3) is 3.65. The number of hydrogen-bond acceptors (Lipinski definition) is 0. The Balaban J connectivity index is 2.74. The molecule has 0 saturated carbocycles. The Morgan fingerprint density at radius 1 is 1.13 bits per heavy atom. The van der Waals surface area contributed by atoms with Gasteiger partial charge in [-0.25, -0.2) is 4.39 Å². The first kappa shape index (κ1) is 12.2. The molecule has 0 nitrogen and oxygen atoms in total. The van der Waals surface area contributed by atoms with Crippen LogP contribution in [0.15, 0.2) is 24.3 Å². The van der Waals surface area contributed by atoms with Crippen LogP contribution in [0.5, 0.6) is 0 Å². The van der Waals surface area contributed by atoms with E-state index < -0.39 is 0 Å². The number of hydrogen-bond donors (Lipinski definition) is 0. The van der Waals surface area contributed by atoms with Crippen molar-refractivity contribution in [3.8, 4) is 0 Å². The van der Waals surface area contributed by atoms with E-state index in [2.05, 4.69) is 20.8 Å². The fraction of sp³-hybridized carbons (Fsp3) is 0.571. The van der Waals surface area contributed by atoms with Gasteiger partial charge in [0.05, 0.1) is 0 Å². The summed E-state index contributed by atoms with van der Waals surface area (Å²) in [6.07, 6.45) is 3.68. The molecule has 84 valence electrons. The highest BCUT2D eigenvalue weighted by atomic mass is 19.1. The Morgan fingerprint density at radius 3 is 2.20 bits per heavy atom. The first-order chi connectivity index (χ1) is 7.15. The van der Waals surface area contributed by atoms with Gasteiger partial charge < -0.3 is 0 Å². The second kappa shape index (κ2) is 5.89. The van der Waals surface area contributed by atoms with E-state index in [4.69, 9.17) is 0 Å². The third-order valence-corrected chi connectivity index (χ3v) is 2.97. The summed E-state index contributed by atoms with van der Waals surface area (Å²) in [5.41, 5.74) is 1.28. The maximum atomic E-state index is 12.8. The van der Waals surface area contributed by atoms with Crippen molar-refractivity contribution < 1.29 is 4.39 Å². The lowest BCUT2D eigenvalue weighted by Gasteiger charge is -2.21. The molecule has 0 aliphatic rings. The monoisotopic (exact) mass is 208 g/mol. The van der Waals surface area contributed by atoms with Crippen molar-refractivity contribution in [2.75, 3.05) is 0 Å². The van der Waals surface area contributed by atoms with E-state index in [0.717, 1.165) is 0 Å².